The van der Waals surface area contributed by atoms with E-state index in [4.69, 9.17) is 9.97 Å². The van der Waals surface area contributed by atoms with Gasteiger partial charge in [-0.25, -0.2) is 9.97 Å². The third-order valence-electron chi connectivity index (χ3n) is 4.89. The number of amides is 1. The van der Waals surface area contributed by atoms with Crippen LogP contribution in [0.2, 0.25) is 0 Å². The Morgan fingerprint density at radius 1 is 1.38 bits per heavy atom. The molecule has 26 heavy (non-hydrogen) atoms. The standard InChI is InChI=1S/C18H24N6O2/c1-11(25)10-19-17-13-5-8-24(18(26)15-4-7-20-23-15)9-6-14(13)21-16(22-17)12-2-3-12/h4,7,11-12,25H,2-3,5-6,8-10H2,1H3,(H,20,23)(H,19,21,22)/t11-/m0/s1. The van der Waals surface area contributed by atoms with Gasteiger partial charge in [0.2, 0.25) is 0 Å². The Morgan fingerprint density at radius 2 is 2.19 bits per heavy atom. The largest absolute Gasteiger partial charge is 0.392 e. The van der Waals surface area contributed by atoms with Crippen molar-refractivity contribution in [3.63, 3.8) is 0 Å². The minimum Gasteiger partial charge on any atom is -0.392 e. The normalized spacial score (nSPS) is 18.2. The van der Waals surface area contributed by atoms with Gasteiger partial charge in [-0.2, -0.15) is 5.10 Å². The fraction of sp³-hybridized carbons (Fsp3) is 0.556. The zero-order chi connectivity index (χ0) is 18.1. The number of carbonyl (C=O) groups is 1. The number of aromatic amines is 1. The Balaban J connectivity index is 1.57. The highest BCUT2D eigenvalue weighted by molar-refractivity contribution is 5.92. The highest BCUT2D eigenvalue weighted by Gasteiger charge is 2.30. The van der Waals surface area contributed by atoms with Crippen molar-refractivity contribution >= 4 is 11.7 Å². The average Bonchev–Trinajstić information content (AvgIpc) is 3.38. The van der Waals surface area contributed by atoms with Crippen molar-refractivity contribution in [3.05, 3.63) is 35.0 Å². The number of anilines is 1. The molecule has 8 heteroatoms. The van der Waals surface area contributed by atoms with Crippen LogP contribution in [0.1, 0.15) is 53.3 Å². The number of nitrogens with zero attached hydrogens (tertiary/aromatic N) is 4. The molecule has 4 rings (SSSR count). The summed E-state index contributed by atoms with van der Waals surface area (Å²) in [5.74, 6) is 2.13. The number of fused-ring (bicyclic) bond motifs is 1. The second-order valence-corrected chi connectivity index (χ2v) is 7.12. The number of hydrogen-bond acceptors (Lipinski definition) is 6. The first kappa shape index (κ1) is 17.0. The van der Waals surface area contributed by atoms with Crippen molar-refractivity contribution in [3.8, 4) is 0 Å². The topological polar surface area (TPSA) is 107 Å². The lowest BCUT2D eigenvalue weighted by molar-refractivity contribution is 0.0757. The molecule has 0 unspecified atom stereocenters. The predicted molar refractivity (Wildman–Crippen MR) is 96.1 cm³/mol. The maximum Gasteiger partial charge on any atom is 0.271 e. The number of hydrogen-bond donors (Lipinski definition) is 3. The van der Waals surface area contributed by atoms with Gasteiger partial charge >= 0.3 is 0 Å². The molecule has 8 nitrogen and oxygen atoms in total. The van der Waals surface area contributed by atoms with Crippen LogP contribution in [0.15, 0.2) is 12.3 Å². The van der Waals surface area contributed by atoms with Crippen molar-refractivity contribution in [2.24, 2.45) is 0 Å². The summed E-state index contributed by atoms with van der Waals surface area (Å²) in [5.41, 5.74) is 2.60. The number of aliphatic hydroxyl groups excluding tert-OH is 1. The lowest BCUT2D eigenvalue weighted by Crippen LogP contribution is -2.33. The molecule has 1 saturated carbocycles. The number of nitrogens with one attached hydrogen (secondary N) is 2. The van der Waals surface area contributed by atoms with Gasteiger partial charge in [0.15, 0.2) is 0 Å². The molecule has 1 aliphatic carbocycles. The summed E-state index contributed by atoms with van der Waals surface area (Å²) in [6.07, 6.45) is 4.82. The summed E-state index contributed by atoms with van der Waals surface area (Å²) < 4.78 is 0. The molecule has 0 spiro atoms. The lowest BCUT2D eigenvalue weighted by atomic mass is 10.1. The van der Waals surface area contributed by atoms with E-state index in [0.717, 1.165) is 35.7 Å². The monoisotopic (exact) mass is 356 g/mol. The SMILES string of the molecule is C[C@H](O)CNc1nc(C2CC2)nc2c1CCN(C(=O)c1ccn[nH]1)CC2. The molecule has 2 aromatic heterocycles. The molecule has 1 amide bonds. The van der Waals surface area contributed by atoms with Gasteiger partial charge in [-0.3, -0.25) is 9.89 Å². The molecule has 0 saturated heterocycles. The second kappa shape index (κ2) is 7.03. The van der Waals surface area contributed by atoms with Gasteiger partial charge < -0.3 is 15.3 Å². The van der Waals surface area contributed by atoms with Crippen LogP contribution in [-0.2, 0) is 12.8 Å². The number of aromatic nitrogens is 4. The molecule has 1 fully saturated rings. The first-order valence-electron chi connectivity index (χ1n) is 9.22. The van der Waals surface area contributed by atoms with E-state index >= 15 is 0 Å². The second-order valence-electron chi connectivity index (χ2n) is 7.12. The van der Waals surface area contributed by atoms with E-state index in [1.165, 1.54) is 0 Å². The fourth-order valence-electron chi connectivity index (χ4n) is 3.28. The zero-order valence-corrected chi connectivity index (χ0v) is 14.9. The minimum atomic E-state index is -0.450. The Labute approximate surface area is 152 Å². The molecule has 2 aliphatic rings. The Hall–Kier alpha value is -2.48. The summed E-state index contributed by atoms with van der Waals surface area (Å²) in [7, 11) is 0. The predicted octanol–water partition coefficient (Wildman–Crippen LogP) is 1.11. The van der Waals surface area contributed by atoms with E-state index in [2.05, 4.69) is 15.5 Å². The molecule has 2 aromatic rings. The van der Waals surface area contributed by atoms with Crippen LogP contribution >= 0.6 is 0 Å². The van der Waals surface area contributed by atoms with Crippen molar-refractivity contribution in [1.29, 1.82) is 0 Å². The van der Waals surface area contributed by atoms with Crippen LogP contribution in [0, 0.1) is 0 Å². The maximum absolute atomic E-state index is 12.6. The molecule has 3 heterocycles. The minimum absolute atomic E-state index is 0.0378. The van der Waals surface area contributed by atoms with E-state index in [-0.39, 0.29) is 5.91 Å². The van der Waals surface area contributed by atoms with Crippen LogP contribution in [-0.4, -0.2) is 61.8 Å². The summed E-state index contributed by atoms with van der Waals surface area (Å²) in [6.45, 7) is 3.44. The summed E-state index contributed by atoms with van der Waals surface area (Å²) >= 11 is 0. The van der Waals surface area contributed by atoms with Crippen molar-refractivity contribution in [2.45, 2.75) is 44.6 Å². The Morgan fingerprint density at radius 3 is 2.88 bits per heavy atom. The smallest absolute Gasteiger partial charge is 0.271 e. The molecule has 138 valence electrons. The lowest BCUT2D eigenvalue weighted by Gasteiger charge is -2.19. The van der Waals surface area contributed by atoms with Gasteiger partial charge in [-0.05, 0) is 32.3 Å². The van der Waals surface area contributed by atoms with E-state index in [9.17, 15) is 9.90 Å². The molecular formula is C18H24N6O2. The number of H-pyrrole nitrogens is 1. The summed E-state index contributed by atoms with van der Waals surface area (Å²) in [4.78, 5) is 24.0. The summed E-state index contributed by atoms with van der Waals surface area (Å²) in [6, 6.07) is 1.70. The van der Waals surface area contributed by atoms with Gasteiger partial charge in [-0.15, -0.1) is 0 Å². The molecular weight excluding hydrogens is 332 g/mol. The highest BCUT2D eigenvalue weighted by atomic mass is 16.3. The van der Waals surface area contributed by atoms with Crippen LogP contribution in [0.3, 0.4) is 0 Å². The number of rotatable bonds is 5. The highest BCUT2D eigenvalue weighted by Crippen LogP contribution is 2.39. The van der Waals surface area contributed by atoms with Gasteiger partial charge in [0, 0.05) is 43.7 Å². The van der Waals surface area contributed by atoms with Crippen molar-refractivity contribution < 1.29 is 9.90 Å². The van der Waals surface area contributed by atoms with E-state index in [0.29, 0.717) is 44.1 Å². The third-order valence-corrected chi connectivity index (χ3v) is 4.89. The van der Waals surface area contributed by atoms with Gasteiger partial charge in [-0.1, -0.05) is 0 Å². The first-order chi connectivity index (χ1) is 12.6. The number of carbonyl (C=O) groups excluding carboxylic acids is 1. The molecule has 0 bridgehead atoms. The Bertz CT molecular complexity index is 785. The van der Waals surface area contributed by atoms with Crippen LogP contribution in [0.5, 0.6) is 0 Å². The zero-order valence-electron chi connectivity index (χ0n) is 14.9. The van der Waals surface area contributed by atoms with E-state index < -0.39 is 6.10 Å². The van der Waals surface area contributed by atoms with E-state index in [1.54, 1.807) is 19.2 Å². The van der Waals surface area contributed by atoms with Crippen LogP contribution in [0.25, 0.3) is 0 Å². The third kappa shape index (κ3) is 3.55. The fourth-order valence-corrected chi connectivity index (χ4v) is 3.28. The molecule has 1 aliphatic heterocycles. The molecule has 0 radical (unpaired) electrons. The maximum atomic E-state index is 12.6. The Kier molecular flexibility index (Phi) is 4.58. The number of aliphatic hydroxyl groups is 1. The molecule has 3 N–H and O–H groups in total. The van der Waals surface area contributed by atoms with Crippen LogP contribution in [0.4, 0.5) is 5.82 Å². The molecule has 0 aromatic carbocycles. The summed E-state index contributed by atoms with van der Waals surface area (Å²) in [5, 5.41) is 19.5. The van der Waals surface area contributed by atoms with Gasteiger partial charge in [0.05, 0.1) is 11.8 Å². The van der Waals surface area contributed by atoms with Gasteiger partial charge in [0.25, 0.3) is 5.91 Å². The van der Waals surface area contributed by atoms with Crippen molar-refractivity contribution in [1.82, 2.24) is 25.1 Å². The van der Waals surface area contributed by atoms with Gasteiger partial charge in [0.1, 0.15) is 17.3 Å². The van der Waals surface area contributed by atoms with E-state index in [1.807, 2.05) is 4.90 Å². The quantitative estimate of drug-likeness (QED) is 0.741. The van der Waals surface area contributed by atoms with Crippen molar-refractivity contribution in [2.75, 3.05) is 25.0 Å². The first-order valence-corrected chi connectivity index (χ1v) is 9.22. The van der Waals surface area contributed by atoms with Crippen LogP contribution < -0.4 is 5.32 Å². The molecule has 1 atom stereocenters. The average molecular weight is 356 g/mol.